The van der Waals surface area contributed by atoms with Gasteiger partial charge in [-0.15, -0.1) is 0 Å². The van der Waals surface area contributed by atoms with Gasteiger partial charge in [-0.25, -0.2) is 0 Å². The zero-order chi connectivity index (χ0) is 13.0. The molecular formula is C14H17ClN2O. The number of nitrogens with zero attached hydrogens (tertiary/aromatic N) is 2. The summed E-state index contributed by atoms with van der Waals surface area (Å²) >= 11 is 5.86. The maximum absolute atomic E-state index is 5.86. The van der Waals surface area contributed by atoms with Crippen LogP contribution in [0.2, 0.25) is 5.02 Å². The average molecular weight is 265 g/mol. The molecule has 3 nitrogen and oxygen atoms in total. The number of benzene rings is 1. The van der Waals surface area contributed by atoms with Crippen LogP contribution in [0.15, 0.2) is 34.9 Å². The van der Waals surface area contributed by atoms with Crippen LogP contribution < -0.4 is 0 Å². The molecule has 0 saturated carbocycles. The fourth-order valence-corrected chi connectivity index (χ4v) is 1.94. The second kappa shape index (κ2) is 6.03. The molecule has 0 unspecified atom stereocenters. The van der Waals surface area contributed by atoms with E-state index >= 15 is 0 Å². The normalized spacial score (nSPS) is 11.1. The molecule has 1 heterocycles. The van der Waals surface area contributed by atoms with E-state index in [1.165, 1.54) is 0 Å². The molecule has 0 bridgehead atoms. The van der Waals surface area contributed by atoms with Crippen LogP contribution in [-0.2, 0) is 6.54 Å². The maximum atomic E-state index is 5.86. The highest BCUT2D eigenvalue weighted by Crippen LogP contribution is 2.21. The molecule has 0 spiro atoms. The summed E-state index contributed by atoms with van der Waals surface area (Å²) in [6.07, 6.45) is 0. The van der Waals surface area contributed by atoms with E-state index in [0.717, 1.165) is 41.7 Å². The van der Waals surface area contributed by atoms with Crippen molar-refractivity contribution in [2.45, 2.75) is 20.4 Å². The zero-order valence-electron chi connectivity index (χ0n) is 10.7. The van der Waals surface area contributed by atoms with Crippen molar-refractivity contribution in [2.75, 3.05) is 13.1 Å². The summed E-state index contributed by atoms with van der Waals surface area (Å²) in [6.45, 7) is 7.09. The Labute approximate surface area is 112 Å². The molecule has 0 N–H and O–H groups in total. The van der Waals surface area contributed by atoms with Gasteiger partial charge in [0.1, 0.15) is 5.69 Å². The highest BCUT2D eigenvalue weighted by atomic mass is 35.5. The van der Waals surface area contributed by atoms with Crippen LogP contribution >= 0.6 is 11.6 Å². The molecule has 0 radical (unpaired) electrons. The first-order valence-electron chi connectivity index (χ1n) is 6.16. The largest absolute Gasteiger partial charge is 0.359 e. The minimum Gasteiger partial charge on any atom is -0.359 e. The van der Waals surface area contributed by atoms with E-state index in [9.17, 15) is 0 Å². The standard InChI is InChI=1S/C14H17ClN2O/c1-3-17(4-2)10-13-9-14(16-18-13)11-5-7-12(15)8-6-11/h5-9H,3-4,10H2,1-2H3. The van der Waals surface area contributed by atoms with Crippen molar-refractivity contribution in [3.05, 3.63) is 41.1 Å². The van der Waals surface area contributed by atoms with Gasteiger partial charge in [0.05, 0.1) is 6.54 Å². The summed E-state index contributed by atoms with van der Waals surface area (Å²) < 4.78 is 5.36. The van der Waals surface area contributed by atoms with Gasteiger partial charge in [0.2, 0.25) is 0 Å². The second-order valence-electron chi connectivity index (χ2n) is 4.15. The Morgan fingerprint density at radius 3 is 2.44 bits per heavy atom. The number of hydrogen-bond donors (Lipinski definition) is 0. The van der Waals surface area contributed by atoms with Gasteiger partial charge in [0.25, 0.3) is 0 Å². The Hall–Kier alpha value is -1.32. The molecule has 4 heteroatoms. The molecular weight excluding hydrogens is 248 g/mol. The van der Waals surface area contributed by atoms with Gasteiger partial charge >= 0.3 is 0 Å². The number of halogens is 1. The quantitative estimate of drug-likeness (QED) is 0.822. The van der Waals surface area contributed by atoms with E-state index < -0.39 is 0 Å². The number of rotatable bonds is 5. The van der Waals surface area contributed by atoms with Crippen molar-refractivity contribution in [3.63, 3.8) is 0 Å². The highest BCUT2D eigenvalue weighted by Gasteiger charge is 2.09. The Balaban J connectivity index is 2.12. The van der Waals surface area contributed by atoms with Gasteiger partial charge in [0, 0.05) is 16.7 Å². The van der Waals surface area contributed by atoms with Gasteiger partial charge < -0.3 is 4.52 Å². The van der Waals surface area contributed by atoms with Crippen molar-refractivity contribution < 1.29 is 4.52 Å². The first-order chi connectivity index (χ1) is 8.72. The lowest BCUT2D eigenvalue weighted by atomic mass is 10.1. The van der Waals surface area contributed by atoms with Crippen LogP contribution in [0, 0.1) is 0 Å². The van der Waals surface area contributed by atoms with E-state index in [0.29, 0.717) is 0 Å². The summed E-state index contributed by atoms with van der Waals surface area (Å²) in [5.74, 6) is 0.892. The number of aromatic nitrogens is 1. The summed E-state index contributed by atoms with van der Waals surface area (Å²) in [7, 11) is 0. The maximum Gasteiger partial charge on any atom is 0.151 e. The van der Waals surface area contributed by atoms with Gasteiger partial charge in [-0.1, -0.05) is 42.7 Å². The summed E-state index contributed by atoms with van der Waals surface area (Å²) in [5.41, 5.74) is 1.88. The van der Waals surface area contributed by atoms with Gasteiger partial charge in [-0.3, -0.25) is 4.90 Å². The fourth-order valence-electron chi connectivity index (χ4n) is 1.81. The molecule has 0 aliphatic rings. The van der Waals surface area contributed by atoms with Crippen molar-refractivity contribution >= 4 is 11.6 Å². The predicted molar refractivity (Wildman–Crippen MR) is 73.6 cm³/mol. The molecule has 0 atom stereocenters. The average Bonchev–Trinajstić information content (AvgIpc) is 2.85. The van der Waals surface area contributed by atoms with Gasteiger partial charge in [-0.2, -0.15) is 0 Å². The topological polar surface area (TPSA) is 29.3 Å². The summed E-state index contributed by atoms with van der Waals surface area (Å²) in [4.78, 5) is 2.28. The molecule has 0 aliphatic carbocycles. The van der Waals surface area contributed by atoms with Crippen molar-refractivity contribution in [2.24, 2.45) is 0 Å². The predicted octanol–water partition coefficient (Wildman–Crippen LogP) is 3.84. The van der Waals surface area contributed by atoms with Crippen LogP contribution in [0.4, 0.5) is 0 Å². The highest BCUT2D eigenvalue weighted by molar-refractivity contribution is 6.30. The zero-order valence-corrected chi connectivity index (χ0v) is 11.4. The van der Waals surface area contributed by atoms with E-state index in [-0.39, 0.29) is 0 Å². The Morgan fingerprint density at radius 2 is 1.83 bits per heavy atom. The van der Waals surface area contributed by atoms with Crippen LogP contribution in [0.25, 0.3) is 11.3 Å². The minimum atomic E-state index is 0.727. The molecule has 1 aromatic carbocycles. The lowest BCUT2D eigenvalue weighted by Crippen LogP contribution is -2.21. The Bertz CT molecular complexity index is 489. The molecule has 1 aromatic heterocycles. The first-order valence-corrected chi connectivity index (χ1v) is 6.54. The van der Waals surface area contributed by atoms with Crippen molar-refractivity contribution in [1.82, 2.24) is 10.1 Å². The van der Waals surface area contributed by atoms with Gasteiger partial charge in [0.15, 0.2) is 5.76 Å². The molecule has 2 rings (SSSR count). The number of hydrogen-bond acceptors (Lipinski definition) is 3. The third-order valence-corrected chi connectivity index (χ3v) is 3.22. The van der Waals surface area contributed by atoms with Crippen molar-refractivity contribution in [3.8, 4) is 11.3 Å². The smallest absolute Gasteiger partial charge is 0.151 e. The summed E-state index contributed by atoms with van der Waals surface area (Å²) in [5, 5.41) is 4.82. The SMILES string of the molecule is CCN(CC)Cc1cc(-c2ccc(Cl)cc2)no1. The monoisotopic (exact) mass is 264 g/mol. The van der Waals surface area contributed by atoms with Crippen LogP contribution in [0.3, 0.4) is 0 Å². The van der Waals surface area contributed by atoms with Crippen LogP contribution in [0.1, 0.15) is 19.6 Å². The van der Waals surface area contributed by atoms with Crippen LogP contribution in [0.5, 0.6) is 0 Å². The lowest BCUT2D eigenvalue weighted by Gasteiger charge is -2.14. The molecule has 0 fully saturated rings. The summed E-state index contributed by atoms with van der Waals surface area (Å²) in [6, 6.07) is 9.59. The molecule has 0 saturated heterocycles. The first kappa shape index (κ1) is 13.1. The third kappa shape index (κ3) is 3.12. The fraction of sp³-hybridized carbons (Fsp3) is 0.357. The van der Waals surface area contributed by atoms with Crippen LogP contribution in [-0.4, -0.2) is 23.1 Å². The second-order valence-corrected chi connectivity index (χ2v) is 4.58. The van der Waals surface area contributed by atoms with E-state index in [1.807, 2.05) is 30.3 Å². The molecule has 0 amide bonds. The van der Waals surface area contributed by atoms with Crippen molar-refractivity contribution in [1.29, 1.82) is 0 Å². The Morgan fingerprint density at radius 1 is 1.17 bits per heavy atom. The van der Waals surface area contributed by atoms with Gasteiger partial charge in [-0.05, 0) is 25.2 Å². The molecule has 2 aromatic rings. The molecule has 18 heavy (non-hydrogen) atoms. The van der Waals surface area contributed by atoms with E-state index in [1.54, 1.807) is 0 Å². The third-order valence-electron chi connectivity index (χ3n) is 2.97. The minimum absolute atomic E-state index is 0.727. The Kier molecular flexibility index (Phi) is 4.39. The molecule has 96 valence electrons. The van der Waals surface area contributed by atoms with E-state index in [2.05, 4.69) is 23.9 Å². The lowest BCUT2D eigenvalue weighted by molar-refractivity contribution is 0.252. The van der Waals surface area contributed by atoms with E-state index in [4.69, 9.17) is 16.1 Å². The molecule has 0 aliphatic heterocycles.